The fourth-order valence-corrected chi connectivity index (χ4v) is 12.7. The van der Waals surface area contributed by atoms with E-state index >= 15 is 0 Å². The van der Waals surface area contributed by atoms with E-state index in [1.165, 1.54) is 59.6 Å². The molecule has 4 bridgehead atoms. The van der Waals surface area contributed by atoms with Crippen LogP contribution in [0.25, 0.3) is 99.9 Å². The predicted octanol–water partition coefficient (Wildman–Crippen LogP) is 13.5. The molecule has 3 heterocycles. The summed E-state index contributed by atoms with van der Waals surface area (Å²) in [5.41, 5.74) is 11.9. The summed E-state index contributed by atoms with van der Waals surface area (Å²) in [4.78, 5) is 16.1. The molecular formula is C53H37N3O2. The van der Waals surface area contributed by atoms with Crippen LogP contribution >= 0.6 is 0 Å². The number of nitrogens with zero attached hydrogens (tertiary/aromatic N) is 3. The summed E-state index contributed by atoms with van der Waals surface area (Å²) in [5.74, 6) is 4.88. The Labute approximate surface area is 334 Å². The molecule has 5 aliphatic carbocycles. The third-order valence-corrected chi connectivity index (χ3v) is 14.7. The van der Waals surface area contributed by atoms with Crippen LogP contribution < -0.4 is 0 Å². The van der Waals surface area contributed by atoms with Gasteiger partial charge in [0, 0.05) is 38.1 Å². The standard InChI is InChI=1S/C53H37N3O2/c1-2-10-35-31(9-1)20-22-42-47(35)38-21-19-32(28-43(38)53(42)33-24-29-23-30(26-33)27-34(53)25-29)50-54-51(40-14-8-18-46-48(40)39-12-4-6-17-45(39)57-46)56-52(55-50)41-15-7-13-37-36-11-3-5-16-44(36)58-49(37)41/h1-22,28-30,33-34H,23-27H2. The van der Waals surface area contributed by atoms with Crippen molar-refractivity contribution in [2.24, 2.45) is 23.7 Å². The first-order valence-electron chi connectivity index (χ1n) is 20.9. The van der Waals surface area contributed by atoms with Gasteiger partial charge in [-0.1, -0.05) is 109 Å². The van der Waals surface area contributed by atoms with Gasteiger partial charge in [-0.2, -0.15) is 0 Å². The average Bonchev–Trinajstić information content (AvgIpc) is 3.93. The maximum atomic E-state index is 6.59. The number of furan rings is 2. The largest absolute Gasteiger partial charge is 0.456 e. The zero-order chi connectivity index (χ0) is 37.7. The second-order valence-electron chi connectivity index (χ2n) is 17.5. The Balaban J connectivity index is 1.04. The first kappa shape index (κ1) is 31.5. The maximum absolute atomic E-state index is 6.59. The minimum Gasteiger partial charge on any atom is -0.456 e. The molecular weight excluding hydrogens is 711 g/mol. The molecule has 4 saturated carbocycles. The van der Waals surface area contributed by atoms with Gasteiger partial charge in [0.1, 0.15) is 22.3 Å². The summed E-state index contributed by atoms with van der Waals surface area (Å²) in [7, 11) is 0. The normalized spacial score (nSPS) is 22.9. The number of benzene rings is 7. The predicted molar refractivity (Wildman–Crippen MR) is 231 cm³/mol. The molecule has 5 aliphatic rings. The molecule has 3 aromatic heterocycles. The number of hydrogen-bond donors (Lipinski definition) is 0. The second-order valence-corrected chi connectivity index (χ2v) is 17.5. The maximum Gasteiger partial charge on any atom is 0.167 e. The molecule has 0 radical (unpaired) electrons. The highest BCUT2D eigenvalue weighted by Crippen LogP contribution is 2.70. The molecule has 5 heteroatoms. The number of hydrogen-bond acceptors (Lipinski definition) is 5. The second kappa shape index (κ2) is 11.3. The van der Waals surface area contributed by atoms with Gasteiger partial charge in [0.05, 0.1) is 5.56 Å². The molecule has 0 aliphatic heterocycles. The van der Waals surface area contributed by atoms with Crippen molar-refractivity contribution in [1.29, 1.82) is 0 Å². The zero-order valence-electron chi connectivity index (χ0n) is 31.8. The molecule has 58 heavy (non-hydrogen) atoms. The van der Waals surface area contributed by atoms with Crippen LogP contribution in [0.5, 0.6) is 0 Å². The summed E-state index contributed by atoms with van der Waals surface area (Å²) in [6.45, 7) is 0. The van der Waals surface area contributed by atoms with Crippen LogP contribution in [0.3, 0.4) is 0 Å². The Morgan fingerprint density at radius 1 is 0.448 bits per heavy atom. The average molecular weight is 748 g/mol. The van der Waals surface area contributed by atoms with Crippen LogP contribution in [0, 0.1) is 23.7 Å². The van der Waals surface area contributed by atoms with E-state index in [-0.39, 0.29) is 5.41 Å². The quantitative estimate of drug-likeness (QED) is 0.180. The van der Waals surface area contributed by atoms with Gasteiger partial charge in [-0.15, -0.1) is 0 Å². The van der Waals surface area contributed by atoms with Crippen molar-refractivity contribution in [3.05, 3.63) is 151 Å². The molecule has 1 spiro atoms. The molecule has 0 amide bonds. The van der Waals surface area contributed by atoms with Gasteiger partial charge in [-0.05, 0) is 119 Å². The SMILES string of the molecule is c1ccc2c3c(ccc2c1)C1(c2cc(-c4nc(-c5cccc6c5oc5ccccc56)nc(-c5cccc6oc7ccccc7c56)n4)ccc2-3)C2CC3CC(C2)CC1C3. The van der Waals surface area contributed by atoms with E-state index in [1.54, 1.807) is 5.56 Å². The summed E-state index contributed by atoms with van der Waals surface area (Å²) in [6, 6.07) is 49.9. The summed E-state index contributed by atoms with van der Waals surface area (Å²) < 4.78 is 13.0. The number of aromatic nitrogens is 3. The van der Waals surface area contributed by atoms with Gasteiger partial charge < -0.3 is 8.83 Å². The lowest BCUT2D eigenvalue weighted by atomic mass is 9.43. The van der Waals surface area contributed by atoms with E-state index in [4.69, 9.17) is 23.8 Å². The zero-order valence-corrected chi connectivity index (χ0v) is 31.8. The van der Waals surface area contributed by atoms with E-state index in [2.05, 4.69) is 103 Å². The van der Waals surface area contributed by atoms with Crippen molar-refractivity contribution in [3.8, 4) is 45.3 Å². The smallest absolute Gasteiger partial charge is 0.167 e. The lowest BCUT2D eigenvalue weighted by molar-refractivity contribution is -0.0399. The van der Waals surface area contributed by atoms with Crippen molar-refractivity contribution >= 4 is 54.6 Å². The minimum absolute atomic E-state index is 0.00199. The fourth-order valence-electron chi connectivity index (χ4n) is 12.7. The van der Waals surface area contributed by atoms with E-state index in [1.807, 2.05) is 36.4 Å². The van der Waals surface area contributed by atoms with Gasteiger partial charge in [0.15, 0.2) is 17.5 Å². The first-order valence-corrected chi connectivity index (χ1v) is 20.9. The lowest BCUT2D eigenvalue weighted by Crippen LogP contribution is -2.55. The van der Waals surface area contributed by atoms with Crippen molar-refractivity contribution in [1.82, 2.24) is 15.0 Å². The van der Waals surface area contributed by atoms with Gasteiger partial charge in [0.2, 0.25) is 0 Å². The Morgan fingerprint density at radius 3 is 1.91 bits per heavy atom. The van der Waals surface area contributed by atoms with Crippen molar-refractivity contribution in [3.63, 3.8) is 0 Å². The van der Waals surface area contributed by atoms with Crippen LogP contribution in [0.15, 0.2) is 148 Å². The first-order chi connectivity index (χ1) is 28.7. The minimum atomic E-state index is -0.00199. The van der Waals surface area contributed by atoms with E-state index in [9.17, 15) is 0 Å². The number of para-hydroxylation sites is 3. The van der Waals surface area contributed by atoms with Crippen LogP contribution in [-0.2, 0) is 5.41 Å². The van der Waals surface area contributed by atoms with Crippen LogP contribution in [0.2, 0.25) is 0 Å². The molecule has 15 rings (SSSR count). The van der Waals surface area contributed by atoms with Crippen LogP contribution in [0.1, 0.15) is 43.2 Å². The molecule has 0 unspecified atom stereocenters. The van der Waals surface area contributed by atoms with Crippen molar-refractivity contribution in [2.75, 3.05) is 0 Å². The third-order valence-electron chi connectivity index (χ3n) is 14.7. The molecule has 0 N–H and O–H groups in total. The Kier molecular flexibility index (Phi) is 6.13. The van der Waals surface area contributed by atoms with E-state index in [0.717, 1.165) is 72.4 Å². The van der Waals surface area contributed by atoms with E-state index in [0.29, 0.717) is 29.3 Å². The molecule has 4 fully saturated rings. The molecule has 5 nitrogen and oxygen atoms in total. The fraction of sp³-hybridized carbons (Fsp3) is 0.189. The molecule has 0 saturated heterocycles. The molecule has 0 atom stereocenters. The van der Waals surface area contributed by atoms with Crippen LogP contribution in [-0.4, -0.2) is 15.0 Å². The lowest BCUT2D eigenvalue weighted by Gasteiger charge is -2.61. The highest BCUT2D eigenvalue weighted by molar-refractivity contribution is 6.12. The van der Waals surface area contributed by atoms with Gasteiger partial charge in [0.25, 0.3) is 0 Å². The molecule has 10 aromatic rings. The highest BCUT2D eigenvalue weighted by Gasteiger charge is 2.61. The van der Waals surface area contributed by atoms with Crippen molar-refractivity contribution in [2.45, 2.75) is 37.5 Å². The third kappa shape index (κ3) is 4.08. The Morgan fingerprint density at radius 2 is 1.09 bits per heavy atom. The monoisotopic (exact) mass is 747 g/mol. The Hall–Kier alpha value is -6.59. The van der Waals surface area contributed by atoms with Crippen LogP contribution in [0.4, 0.5) is 0 Å². The molecule has 7 aromatic carbocycles. The van der Waals surface area contributed by atoms with Gasteiger partial charge in [-0.3, -0.25) is 0 Å². The number of rotatable bonds is 3. The summed E-state index contributed by atoms with van der Waals surface area (Å²) in [5, 5.41) is 6.85. The van der Waals surface area contributed by atoms with Crippen molar-refractivity contribution < 1.29 is 8.83 Å². The van der Waals surface area contributed by atoms with E-state index < -0.39 is 0 Å². The summed E-state index contributed by atoms with van der Waals surface area (Å²) >= 11 is 0. The topological polar surface area (TPSA) is 65.0 Å². The summed E-state index contributed by atoms with van der Waals surface area (Å²) in [6.07, 6.45) is 6.73. The Bertz CT molecular complexity index is 3360. The van der Waals surface area contributed by atoms with Gasteiger partial charge >= 0.3 is 0 Å². The molecule has 276 valence electrons. The number of fused-ring (bicyclic) bond motifs is 11. The van der Waals surface area contributed by atoms with Gasteiger partial charge in [-0.25, -0.2) is 15.0 Å². The highest BCUT2D eigenvalue weighted by atomic mass is 16.3.